The number of nitrogens with zero attached hydrogens (tertiary/aromatic N) is 2. The summed E-state index contributed by atoms with van der Waals surface area (Å²) in [6, 6.07) is 3.21. The smallest absolute Gasteiger partial charge is 0.407 e. The maximum Gasteiger partial charge on any atom is 0.407 e. The number of hydrogen-bond acceptors (Lipinski definition) is 4. The fourth-order valence-electron chi connectivity index (χ4n) is 3.37. The van der Waals surface area contributed by atoms with Crippen LogP contribution >= 0.6 is 0 Å². The van der Waals surface area contributed by atoms with E-state index in [2.05, 4.69) is 15.6 Å². The maximum atomic E-state index is 12.4. The second-order valence-corrected chi connectivity index (χ2v) is 6.39. The standard InChI is InChI=1S/C16H20N4O4/c1-17-14(22)12-3-2-10(9-18-12)19-13(21)11-8-16(11)4-6-20(7-5-16)15(23)24/h2-3,9,11H,4-8H2,1H3,(H,17,22)(H,19,21)(H,23,24). The van der Waals surface area contributed by atoms with Gasteiger partial charge in [-0.1, -0.05) is 0 Å². The molecule has 1 aliphatic carbocycles. The Morgan fingerprint density at radius 2 is 2.00 bits per heavy atom. The van der Waals surface area contributed by atoms with Gasteiger partial charge in [0.1, 0.15) is 5.69 Å². The molecule has 1 spiro atoms. The lowest BCUT2D eigenvalue weighted by Crippen LogP contribution is -2.39. The highest BCUT2D eigenvalue weighted by Crippen LogP contribution is 2.59. The first-order valence-corrected chi connectivity index (χ1v) is 7.92. The number of nitrogens with one attached hydrogen (secondary N) is 2. The summed E-state index contributed by atoms with van der Waals surface area (Å²) in [6.45, 7) is 0.975. The lowest BCUT2D eigenvalue weighted by atomic mass is 9.91. The molecule has 2 fully saturated rings. The van der Waals surface area contributed by atoms with E-state index in [-0.39, 0.29) is 23.1 Å². The summed E-state index contributed by atoms with van der Waals surface area (Å²) in [5.41, 5.74) is 0.794. The number of carbonyl (C=O) groups excluding carboxylic acids is 2. The predicted octanol–water partition coefficient (Wildman–Crippen LogP) is 1.16. The average Bonchev–Trinajstić information content (AvgIpc) is 3.28. The van der Waals surface area contributed by atoms with E-state index in [0.29, 0.717) is 24.5 Å². The van der Waals surface area contributed by atoms with Crippen LogP contribution in [-0.2, 0) is 4.79 Å². The van der Waals surface area contributed by atoms with Gasteiger partial charge in [0.25, 0.3) is 5.91 Å². The minimum atomic E-state index is -0.895. The highest BCUT2D eigenvalue weighted by molar-refractivity contribution is 5.96. The number of amides is 3. The summed E-state index contributed by atoms with van der Waals surface area (Å²) in [4.78, 5) is 40.2. The van der Waals surface area contributed by atoms with Crippen LogP contribution in [0.1, 0.15) is 29.8 Å². The lowest BCUT2D eigenvalue weighted by Gasteiger charge is -2.30. The summed E-state index contributed by atoms with van der Waals surface area (Å²) in [7, 11) is 1.53. The molecule has 1 aromatic rings. The largest absolute Gasteiger partial charge is 0.465 e. The van der Waals surface area contributed by atoms with Gasteiger partial charge in [-0.2, -0.15) is 0 Å². The summed E-state index contributed by atoms with van der Waals surface area (Å²) in [5.74, 6) is -0.417. The van der Waals surface area contributed by atoms with Gasteiger partial charge in [-0.05, 0) is 36.8 Å². The molecule has 1 aromatic heterocycles. The van der Waals surface area contributed by atoms with Crippen molar-refractivity contribution in [3.8, 4) is 0 Å². The van der Waals surface area contributed by atoms with Crippen molar-refractivity contribution in [1.82, 2.24) is 15.2 Å². The van der Waals surface area contributed by atoms with Gasteiger partial charge in [-0.25, -0.2) is 9.78 Å². The number of hydrogen-bond donors (Lipinski definition) is 3. The first-order valence-electron chi connectivity index (χ1n) is 7.92. The third-order valence-electron chi connectivity index (χ3n) is 5.03. The van der Waals surface area contributed by atoms with Gasteiger partial charge >= 0.3 is 6.09 Å². The molecule has 3 amide bonds. The Balaban J connectivity index is 1.55. The number of anilines is 1. The van der Waals surface area contributed by atoms with Crippen molar-refractivity contribution in [3.63, 3.8) is 0 Å². The molecular weight excluding hydrogens is 312 g/mol. The van der Waals surface area contributed by atoms with Gasteiger partial charge < -0.3 is 20.6 Å². The zero-order valence-electron chi connectivity index (χ0n) is 13.4. The van der Waals surface area contributed by atoms with E-state index in [9.17, 15) is 14.4 Å². The normalized spacial score (nSPS) is 21.2. The van der Waals surface area contributed by atoms with Crippen LogP contribution in [0.2, 0.25) is 0 Å². The minimum absolute atomic E-state index is 0.0501. The van der Waals surface area contributed by atoms with E-state index in [1.807, 2.05) is 0 Å². The van der Waals surface area contributed by atoms with Crippen LogP contribution in [0, 0.1) is 11.3 Å². The van der Waals surface area contributed by atoms with Crippen molar-refractivity contribution < 1.29 is 19.5 Å². The van der Waals surface area contributed by atoms with E-state index in [0.717, 1.165) is 19.3 Å². The van der Waals surface area contributed by atoms with Gasteiger partial charge in [-0.3, -0.25) is 9.59 Å². The Kier molecular flexibility index (Phi) is 4.13. The fraction of sp³-hybridized carbons (Fsp3) is 0.500. The van der Waals surface area contributed by atoms with Gasteiger partial charge in [-0.15, -0.1) is 0 Å². The number of carboxylic acid groups (broad SMARTS) is 1. The van der Waals surface area contributed by atoms with Gasteiger partial charge in [0.05, 0.1) is 11.9 Å². The number of aromatic nitrogens is 1. The monoisotopic (exact) mass is 332 g/mol. The Labute approximate surface area is 139 Å². The molecule has 2 aliphatic rings. The van der Waals surface area contributed by atoms with E-state index in [1.165, 1.54) is 18.1 Å². The van der Waals surface area contributed by atoms with Crippen LogP contribution in [0.4, 0.5) is 10.5 Å². The molecule has 1 aliphatic heterocycles. The van der Waals surface area contributed by atoms with Crippen molar-refractivity contribution in [2.45, 2.75) is 19.3 Å². The highest BCUT2D eigenvalue weighted by Gasteiger charge is 2.58. The first kappa shape index (κ1) is 16.2. The van der Waals surface area contributed by atoms with Gasteiger partial charge in [0.15, 0.2) is 0 Å². The van der Waals surface area contributed by atoms with E-state index >= 15 is 0 Å². The van der Waals surface area contributed by atoms with Crippen molar-refractivity contribution in [1.29, 1.82) is 0 Å². The highest BCUT2D eigenvalue weighted by atomic mass is 16.4. The van der Waals surface area contributed by atoms with Crippen LogP contribution in [0.3, 0.4) is 0 Å². The van der Waals surface area contributed by atoms with Crippen LogP contribution < -0.4 is 10.6 Å². The molecule has 0 bridgehead atoms. The molecule has 1 unspecified atom stereocenters. The molecule has 2 heterocycles. The van der Waals surface area contributed by atoms with Crippen molar-refractivity contribution >= 4 is 23.6 Å². The molecule has 8 heteroatoms. The third-order valence-corrected chi connectivity index (χ3v) is 5.03. The predicted molar refractivity (Wildman–Crippen MR) is 85.6 cm³/mol. The third kappa shape index (κ3) is 3.04. The molecule has 24 heavy (non-hydrogen) atoms. The summed E-state index contributed by atoms with van der Waals surface area (Å²) in [5, 5.41) is 14.3. The summed E-state index contributed by atoms with van der Waals surface area (Å²) in [6.07, 6.45) is 2.82. The van der Waals surface area contributed by atoms with E-state index in [4.69, 9.17) is 5.11 Å². The van der Waals surface area contributed by atoms with Crippen LogP contribution in [-0.4, -0.2) is 53.0 Å². The van der Waals surface area contributed by atoms with Crippen molar-refractivity contribution in [2.75, 3.05) is 25.5 Å². The minimum Gasteiger partial charge on any atom is -0.465 e. The Hall–Kier alpha value is -2.64. The van der Waals surface area contributed by atoms with Crippen molar-refractivity contribution in [2.24, 2.45) is 11.3 Å². The van der Waals surface area contributed by atoms with Crippen LogP contribution in [0.25, 0.3) is 0 Å². The molecule has 3 rings (SSSR count). The second-order valence-electron chi connectivity index (χ2n) is 6.39. The summed E-state index contributed by atoms with van der Waals surface area (Å²) >= 11 is 0. The molecular formula is C16H20N4O4. The Morgan fingerprint density at radius 3 is 2.54 bits per heavy atom. The number of rotatable bonds is 3. The average molecular weight is 332 g/mol. The Morgan fingerprint density at radius 1 is 1.29 bits per heavy atom. The second kappa shape index (κ2) is 6.10. The van der Waals surface area contributed by atoms with Crippen LogP contribution in [0.5, 0.6) is 0 Å². The molecule has 0 radical (unpaired) electrons. The SMILES string of the molecule is CNC(=O)c1ccc(NC(=O)C2CC23CCN(C(=O)O)CC3)cn1. The van der Waals surface area contributed by atoms with Gasteiger partial charge in [0, 0.05) is 26.1 Å². The molecule has 8 nitrogen and oxygen atoms in total. The first-order chi connectivity index (χ1) is 11.4. The molecule has 1 saturated carbocycles. The fourth-order valence-corrected chi connectivity index (χ4v) is 3.37. The van der Waals surface area contributed by atoms with E-state index < -0.39 is 6.09 Å². The molecule has 3 N–H and O–H groups in total. The lowest BCUT2D eigenvalue weighted by molar-refractivity contribution is -0.118. The van der Waals surface area contributed by atoms with Crippen LogP contribution in [0.15, 0.2) is 18.3 Å². The number of carbonyl (C=O) groups is 3. The number of pyridine rings is 1. The molecule has 128 valence electrons. The number of piperidine rings is 1. The number of likely N-dealkylation sites (tertiary alicyclic amines) is 1. The zero-order valence-corrected chi connectivity index (χ0v) is 13.4. The van der Waals surface area contributed by atoms with Crippen molar-refractivity contribution in [3.05, 3.63) is 24.0 Å². The maximum absolute atomic E-state index is 12.4. The zero-order chi connectivity index (χ0) is 17.3. The molecule has 0 aromatic carbocycles. The molecule has 1 atom stereocenters. The van der Waals surface area contributed by atoms with E-state index in [1.54, 1.807) is 12.1 Å². The topological polar surface area (TPSA) is 112 Å². The Bertz CT molecular complexity index is 665. The quantitative estimate of drug-likeness (QED) is 0.769. The van der Waals surface area contributed by atoms with Gasteiger partial charge in [0.2, 0.25) is 5.91 Å². The molecule has 1 saturated heterocycles. The summed E-state index contributed by atoms with van der Waals surface area (Å²) < 4.78 is 0.